The van der Waals surface area contributed by atoms with E-state index in [0.717, 1.165) is 12.1 Å². The third kappa shape index (κ3) is 4.64. The number of nitrogens with zero attached hydrogens (tertiary/aromatic N) is 1. The Morgan fingerprint density at radius 3 is 2.58 bits per heavy atom. The monoisotopic (exact) mass is 353 g/mol. The van der Waals surface area contributed by atoms with Gasteiger partial charge in [0.05, 0.1) is 28.8 Å². The van der Waals surface area contributed by atoms with Crippen molar-refractivity contribution in [3.05, 3.63) is 58.6 Å². The van der Waals surface area contributed by atoms with Crippen molar-refractivity contribution >= 4 is 28.9 Å². The van der Waals surface area contributed by atoms with Gasteiger partial charge in [0.15, 0.2) is 0 Å². The molecule has 1 amide bonds. The summed E-state index contributed by atoms with van der Waals surface area (Å²) >= 11 is 5.53. The molecule has 0 spiro atoms. The maximum atomic E-state index is 12.8. The lowest BCUT2D eigenvalue weighted by Gasteiger charge is -2.12. The van der Waals surface area contributed by atoms with E-state index in [2.05, 4.69) is 10.6 Å². The molecule has 8 heteroatoms. The topological polar surface area (TPSA) is 64.9 Å². The molecule has 0 radical (unpaired) electrons. The lowest BCUT2D eigenvalue weighted by Crippen LogP contribution is -2.22. The van der Waals surface area contributed by atoms with Crippen molar-refractivity contribution in [3.8, 4) is 6.07 Å². The van der Waals surface area contributed by atoms with Gasteiger partial charge in [-0.05, 0) is 36.4 Å². The zero-order chi connectivity index (χ0) is 17.7. The first-order chi connectivity index (χ1) is 11.3. The summed E-state index contributed by atoms with van der Waals surface area (Å²) in [4.78, 5) is 11.8. The number of halogens is 4. The maximum absolute atomic E-state index is 12.8. The smallest absolute Gasteiger partial charge is 0.376 e. The molecule has 0 fully saturated rings. The van der Waals surface area contributed by atoms with Crippen LogP contribution in [0.2, 0.25) is 5.02 Å². The van der Waals surface area contributed by atoms with Crippen LogP contribution in [0.4, 0.5) is 24.5 Å². The van der Waals surface area contributed by atoms with Crippen LogP contribution in [-0.2, 0) is 11.0 Å². The van der Waals surface area contributed by atoms with Crippen LogP contribution in [0.3, 0.4) is 0 Å². The van der Waals surface area contributed by atoms with Gasteiger partial charge in [0.1, 0.15) is 0 Å². The van der Waals surface area contributed by atoms with E-state index in [-0.39, 0.29) is 12.2 Å². The van der Waals surface area contributed by atoms with Crippen molar-refractivity contribution in [3.63, 3.8) is 0 Å². The summed E-state index contributed by atoms with van der Waals surface area (Å²) < 4.78 is 38.3. The minimum atomic E-state index is -4.57. The highest BCUT2D eigenvalue weighted by Gasteiger charge is 2.33. The van der Waals surface area contributed by atoms with Crippen molar-refractivity contribution < 1.29 is 18.0 Å². The number of alkyl halides is 3. The first-order valence-corrected chi connectivity index (χ1v) is 7.08. The minimum absolute atomic E-state index is 0.118. The molecule has 0 aliphatic carbocycles. The van der Waals surface area contributed by atoms with Gasteiger partial charge in [0.2, 0.25) is 5.91 Å². The number of nitriles is 1. The molecule has 2 N–H and O–H groups in total. The largest absolute Gasteiger partial charge is 0.417 e. The summed E-state index contributed by atoms with van der Waals surface area (Å²) in [6, 6.07) is 11.5. The highest BCUT2D eigenvalue weighted by Crippen LogP contribution is 2.36. The number of nitrogens with one attached hydrogen (secondary N) is 2. The molecule has 0 aliphatic heterocycles. The summed E-state index contributed by atoms with van der Waals surface area (Å²) in [5.74, 6) is -0.464. The number of carbonyl (C=O) groups is 1. The van der Waals surface area contributed by atoms with E-state index in [1.165, 1.54) is 12.1 Å². The van der Waals surface area contributed by atoms with Crippen LogP contribution in [0.15, 0.2) is 42.5 Å². The normalized spacial score (nSPS) is 10.8. The molecule has 0 saturated heterocycles. The number of hydrogen-bond acceptors (Lipinski definition) is 3. The quantitative estimate of drug-likeness (QED) is 0.862. The highest BCUT2D eigenvalue weighted by molar-refractivity contribution is 6.31. The second kappa shape index (κ2) is 7.23. The molecule has 0 unspecified atom stereocenters. The molecule has 2 rings (SSSR count). The van der Waals surface area contributed by atoms with Gasteiger partial charge >= 0.3 is 6.18 Å². The Bertz CT molecular complexity index is 800. The molecule has 0 atom stereocenters. The number of benzene rings is 2. The maximum Gasteiger partial charge on any atom is 0.417 e. The van der Waals surface area contributed by atoms with Crippen LogP contribution in [0, 0.1) is 11.3 Å². The van der Waals surface area contributed by atoms with Gasteiger partial charge in [-0.25, -0.2) is 0 Å². The number of hydrogen-bond donors (Lipinski definition) is 2. The van der Waals surface area contributed by atoms with Gasteiger partial charge in [0, 0.05) is 11.4 Å². The average Bonchev–Trinajstić information content (AvgIpc) is 2.53. The number of carbonyl (C=O) groups excluding carboxylic acids is 1. The first-order valence-electron chi connectivity index (χ1n) is 6.70. The Hall–Kier alpha value is -2.72. The van der Waals surface area contributed by atoms with E-state index in [0.29, 0.717) is 11.3 Å². The lowest BCUT2D eigenvalue weighted by molar-refractivity contribution is -0.137. The Kier molecular flexibility index (Phi) is 5.31. The minimum Gasteiger partial charge on any atom is -0.376 e. The van der Waals surface area contributed by atoms with Crippen molar-refractivity contribution in [1.29, 1.82) is 5.26 Å². The van der Waals surface area contributed by atoms with Gasteiger partial charge in [-0.1, -0.05) is 17.7 Å². The summed E-state index contributed by atoms with van der Waals surface area (Å²) in [6.45, 7) is -0.240. The molecule has 0 aliphatic rings. The fraction of sp³-hybridized carbons (Fsp3) is 0.125. The van der Waals surface area contributed by atoms with Crippen molar-refractivity contribution in [2.24, 2.45) is 0 Å². The summed E-state index contributed by atoms with van der Waals surface area (Å²) in [5, 5.41) is 13.5. The molecule has 124 valence electrons. The first kappa shape index (κ1) is 17.6. The Morgan fingerprint density at radius 1 is 1.17 bits per heavy atom. The Morgan fingerprint density at radius 2 is 1.92 bits per heavy atom. The third-order valence-corrected chi connectivity index (χ3v) is 3.33. The highest BCUT2D eigenvalue weighted by atomic mass is 35.5. The molecule has 24 heavy (non-hydrogen) atoms. The molecule has 0 bridgehead atoms. The number of amides is 1. The molecule has 0 aromatic heterocycles. The lowest BCUT2D eigenvalue weighted by atomic mass is 10.2. The SMILES string of the molecule is N#Cc1cccc(NC(=O)CNc2ccc(Cl)c(C(F)(F)F)c2)c1. The van der Waals surface area contributed by atoms with E-state index in [1.807, 2.05) is 6.07 Å². The van der Waals surface area contributed by atoms with E-state index < -0.39 is 22.7 Å². The zero-order valence-corrected chi connectivity index (χ0v) is 12.9. The Labute approximate surface area is 140 Å². The predicted octanol–water partition coefficient (Wildman–Crippen LogP) is 4.28. The average molecular weight is 354 g/mol. The van der Waals surface area contributed by atoms with Gasteiger partial charge in [-0.3, -0.25) is 4.79 Å². The van der Waals surface area contributed by atoms with Crippen molar-refractivity contribution in [1.82, 2.24) is 0 Å². The summed E-state index contributed by atoms with van der Waals surface area (Å²) in [7, 11) is 0. The fourth-order valence-corrected chi connectivity index (χ4v) is 2.13. The van der Waals surface area contributed by atoms with Crippen molar-refractivity contribution in [2.75, 3.05) is 17.2 Å². The van der Waals surface area contributed by atoms with Crippen LogP contribution < -0.4 is 10.6 Å². The fourth-order valence-electron chi connectivity index (χ4n) is 1.91. The molecule has 4 nitrogen and oxygen atoms in total. The third-order valence-electron chi connectivity index (χ3n) is 3.00. The van der Waals surface area contributed by atoms with Crippen LogP contribution in [0.1, 0.15) is 11.1 Å². The molecule has 2 aromatic carbocycles. The van der Waals surface area contributed by atoms with Crippen LogP contribution in [0.25, 0.3) is 0 Å². The predicted molar refractivity (Wildman–Crippen MR) is 84.7 cm³/mol. The Balaban J connectivity index is 2.00. The van der Waals surface area contributed by atoms with Crippen LogP contribution in [-0.4, -0.2) is 12.5 Å². The summed E-state index contributed by atoms with van der Waals surface area (Å²) in [6.07, 6.45) is -4.57. The van der Waals surface area contributed by atoms with Gasteiger partial charge in [0.25, 0.3) is 0 Å². The van der Waals surface area contributed by atoms with E-state index >= 15 is 0 Å². The van der Waals surface area contributed by atoms with E-state index in [1.54, 1.807) is 18.2 Å². The molecular weight excluding hydrogens is 343 g/mol. The molecular formula is C16H11ClF3N3O. The zero-order valence-electron chi connectivity index (χ0n) is 12.1. The molecule has 0 saturated carbocycles. The number of rotatable bonds is 4. The molecule has 0 heterocycles. The van der Waals surface area contributed by atoms with E-state index in [4.69, 9.17) is 16.9 Å². The van der Waals surface area contributed by atoms with Gasteiger partial charge < -0.3 is 10.6 Å². The second-order valence-electron chi connectivity index (χ2n) is 4.79. The van der Waals surface area contributed by atoms with E-state index in [9.17, 15) is 18.0 Å². The van der Waals surface area contributed by atoms with Crippen LogP contribution in [0.5, 0.6) is 0 Å². The number of anilines is 2. The second-order valence-corrected chi connectivity index (χ2v) is 5.19. The molecule has 2 aromatic rings. The van der Waals surface area contributed by atoms with Gasteiger partial charge in [-0.2, -0.15) is 18.4 Å². The standard InChI is InChI=1S/C16H11ClF3N3O/c17-14-5-4-11(7-13(14)16(18,19)20)22-9-15(24)23-12-3-1-2-10(6-12)8-21/h1-7,22H,9H2,(H,23,24). The summed E-state index contributed by atoms with van der Waals surface area (Å²) in [5.41, 5.74) is -0.0508. The van der Waals surface area contributed by atoms with Gasteiger partial charge in [-0.15, -0.1) is 0 Å². The van der Waals surface area contributed by atoms with Crippen molar-refractivity contribution in [2.45, 2.75) is 6.18 Å². The van der Waals surface area contributed by atoms with Crippen LogP contribution >= 0.6 is 11.6 Å².